The first-order valence-corrected chi connectivity index (χ1v) is 12.0. The highest BCUT2D eigenvalue weighted by Crippen LogP contribution is 2.23. The Kier molecular flexibility index (Phi) is 8.56. The third-order valence-electron chi connectivity index (χ3n) is 6.81. The minimum Gasteiger partial charge on any atom is -0.383 e. The van der Waals surface area contributed by atoms with Crippen LogP contribution >= 0.6 is 0 Å². The van der Waals surface area contributed by atoms with Crippen molar-refractivity contribution in [2.75, 3.05) is 39.9 Å². The van der Waals surface area contributed by atoms with Gasteiger partial charge in [0.1, 0.15) is 11.6 Å². The second kappa shape index (κ2) is 11.4. The van der Waals surface area contributed by atoms with Crippen LogP contribution in [0.2, 0.25) is 0 Å². The van der Waals surface area contributed by atoms with Gasteiger partial charge in [0, 0.05) is 50.7 Å². The fourth-order valence-corrected chi connectivity index (χ4v) is 5.04. The summed E-state index contributed by atoms with van der Waals surface area (Å²) in [5.41, 5.74) is 3.05. The predicted molar refractivity (Wildman–Crippen MR) is 128 cm³/mol. The van der Waals surface area contributed by atoms with E-state index in [1.54, 1.807) is 23.0 Å². The van der Waals surface area contributed by atoms with E-state index in [4.69, 9.17) is 4.74 Å². The first-order chi connectivity index (χ1) is 15.8. The van der Waals surface area contributed by atoms with Gasteiger partial charge in [0.05, 0.1) is 12.6 Å². The Hall–Kier alpha value is -2.79. The number of nitriles is 1. The lowest BCUT2D eigenvalue weighted by atomic mass is 9.96. The second-order valence-electron chi connectivity index (χ2n) is 9.23. The fraction of sp³-hybridized carbons (Fsp3) is 0.640. The van der Waals surface area contributed by atoms with Crippen molar-refractivity contribution in [2.24, 2.45) is 0 Å². The summed E-state index contributed by atoms with van der Waals surface area (Å²) in [4.78, 5) is 29.1. The second-order valence-corrected chi connectivity index (χ2v) is 9.23. The Morgan fingerprint density at radius 1 is 1.18 bits per heavy atom. The highest BCUT2D eigenvalue weighted by atomic mass is 16.5. The third kappa shape index (κ3) is 5.97. The van der Waals surface area contributed by atoms with Crippen molar-refractivity contribution in [1.82, 2.24) is 19.7 Å². The Morgan fingerprint density at radius 3 is 2.42 bits per heavy atom. The minimum atomic E-state index is -0.278. The summed E-state index contributed by atoms with van der Waals surface area (Å²) in [6.45, 7) is 8.49. The molecular formula is C25H37N5O3. The van der Waals surface area contributed by atoms with Crippen LogP contribution in [0.15, 0.2) is 11.6 Å². The average Bonchev–Trinajstić information content (AvgIpc) is 3.10. The molecule has 1 aromatic rings. The van der Waals surface area contributed by atoms with Gasteiger partial charge >= 0.3 is 6.03 Å². The summed E-state index contributed by atoms with van der Waals surface area (Å²) >= 11 is 0. The van der Waals surface area contributed by atoms with E-state index < -0.39 is 0 Å². The maximum absolute atomic E-state index is 13.1. The Bertz CT molecular complexity index is 915. The number of hydrogen-bond acceptors (Lipinski definition) is 4. The number of methoxy groups -OCH3 is 1. The number of urea groups is 1. The molecule has 0 spiro atoms. The number of aryl methyl sites for hydroxylation is 1. The molecule has 3 amide bonds. The lowest BCUT2D eigenvalue weighted by Gasteiger charge is -2.36. The van der Waals surface area contributed by atoms with Crippen LogP contribution < -0.4 is 5.32 Å². The lowest BCUT2D eigenvalue weighted by molar-refractivity contribution is -0.128. The van der Waals surface area contributed by atoms with Crippen LogP contribution in [0.3, 0.4) is 0 Å². The van der Waals surface area contributed by atoms with Crippen LogP contribution in [-0.2, 0) is 9.53 Å². The van der Waals surface area contributed by atoms with E-state index in [1.807, 2.05) is 19.9 Å². The summed E-state index contributed by atoms with van der Waals surface area (Å²) in [5.74, 6) is -0.278. The van der Waals surface area contributed by atoms with E-state index in [0.29, 0.717) is 32.8 Å². The monoisotopic (exact) mass is 455 g/mol. The first kappa shape index (κ1) is 24.8. The number of carbonyl (C=O) groups excluding carboxylic acids is 2. The Labute approximate surface area is 197 Å². The zero-order chi connectivity index (χ0) is 24.0. The molecule has 0 radical (unpaired) electrons. The molecule has 1 saturated heterocycles. The number of hydrogen-bond donors (Lipinski definition) is 1. The van der Waals surface area contributed by atoms with E-state index in [0.717, 1.165) is 29.8 Å². The van der Waals surface area contributed by atoms with E-state index in [9.17, 15) is 14.9 Å². The van der Waals surface area contributed by atoms with Gasteiger partial charge < -0.3 is 24.4 Å². The number of rotatable bonds is 6. The summed E-state index contributed by atoms with van der Waals surface area (Å²) in [6, 6.07) is 4.48. The molecular weight excluding hydrogens is 418 g/mol. The fourth-order valence-electron chi connectivity index (χ4n) is 5.04. The van der Waals surface area contributed by atoms with Crippen molar-refractivity contribution in [3.05, 3.63) is 28.6 Å². The van der Waals surface area contributed by atoms with Gasteiger partial charge in [0.2, 0.25) is 0 Å². The van der Waals surface area contributed by atoms with Gasteiger partial charge in [-0.15, -0.1) is 0 Å². The smallest absolute Gasteiger partial charge is 0.317 e. The van der Waals surface area contributed by atoms with Gasteiger partial charge in [-0.05, 0) is 51.3 Å². The lowest BCUT2D eigenvalue weighted by Crippen LogP contribution is -2.54. The third-order valence-corrected chi connectivity index (χ3v) is 6.81. The molecule has 2 aliphatic rings. The summed E-state index contributed by atoms with van der Waals surface area (Å²) in [7, 11) is 1.68. The molecule has 180 valence electrons. The van der Waals surface area contributed by atoms with Gasteiger partial charge in [-0.1, -0.05) is 19.3 Å². The molecule has 1 aliphatic carbocycles. The number of piperazine rings is 1. The number of nitrogens with zero attached hydrogens (tertiary/aromatic N) is 4. The number of ether oxygens (including phenoxy) is 1. The van der Waals surface area contributed by atoms with Gasteiger partial charge in [-0.2, -0.15) is 5.26 Å². The van der Waals surface area contributed by atoms with Gasteiger partial charge in [-0.3, -0.25) is 4.79 Å². The summed E-state index contributed by atoms with van der Waals surface area (Å²) < 4.78 is 7.45. The number of nitrogens with one attached hydrogen (secondary N) is 1. The largest absolute Gasteiger partial charge is 0.383 e. The Balaban J connectivity index is 1.62. The predicted octanol–water partition coefficient (Wildman–Crippen LogP) is 3.41. The van der Waals surface area contributed by atoms with Gasteiger partial charge in [0.15, 0.2) is 0 Å². The van der Waals surface area contributed by atoms with Gasteiger partial charge in [-0.25, -0.2) is 4.79 Å². The van der Waals surface area contributed by atoms with Crippen molar-refractivity contribution in [3.8, 4) is 6.07 Å². The number of amides is 3. The molecule has 33 heavy (non-hydrogen) atoms. The van der Waals surface area contributed by atoms with Crippen LogP contribution in [-0.4, -0.2) is 72.2 Å². The normalized spacial score (nSPS) is 18.7. The van der Waals surface area contributed by atoms with Crippen molar-refractivity contribution in [1.29, 1.82) is 5.26 Å². The molecule has 0 bridgehead atoms. The van der Waals surface area contributed by atoms with Crippen molar-refractivity contribution in [2.45, 2.75) is 65.0 Å². The van der Waals surface area contributed by atoms with Crippen LogP contribution in [0, 0.1) is 25.2 Å². The highest BCUT2D eigenvalue weighted by Gasteiger charge is 2.27. The molecule has 1 saturated carbocycles. The van der Waals surface area contributed by atoms with Crippen LogP contribution in [0.25, 0.3) is 6.08 Å². The molecule has 1 aliphatic heterocycles. The zero-order valence-electron chi connectivity index (χ0n) is 20.4. The zero-order valence-corrected chi connectivity index (χ0v) is 20.4. The summed E-state index contributed by atoms with van der Waals surface area (Å²) in [5, 5.41) is 12.8. The molecule has 1 aromatic heterocycles. The SMILES string of the molecule is COCC(C)n1c(C)cc(/C=C(/C#N)C(=O)N2CCN(C(=O)NC3CCCCC3)CC2)c1C. The first-order valence-electron chi connectivity index (χ1n) is 12.0. The van der Waals surface area contributed by atoms with Crippen LogP contribution in [0.5, 0.6) is 0 Å². The molecule has 3 rings (SSSR count). The van der Waals surface area contributed by atoms with E-state index in [1.165, 1.54) is 19.3 Å². The number of aromatic nitrogens is 1. The Morgan fingerprint density at radius 2 is 1.82 bits per heavy atom. The van der Waals surface area contributed by atoms with Crippen molar-refractivity contribution < 1.29 is 14.3 Å². The maximum atomic E-state index is 13.1. The van der Waals surface area contributed by atoms with E-state index in [-0.39, 0.29) is 29.6 Å². The molecule has 2 fully saturated rings. The topological polar surface area (TPSA) is 90.6 Å². The average molecular weight is 456 g/mol. The molecule has 1 atom stereocenters. The molecule has 1 unspecified atom stereocenters. The number of carbonyl (C=O) groups is 2. The van der Waals surface area contributed by atoms with Crippen LogP contribution in [0.1, 0.15) is 62.0 Å². The van der Waals surface area contributed by atoms with Crippen LogP contribution in [0.4, 0.5) is 4.79 Å². The minimum absolute atomic E-state index is 0.0392. The molecule has 8 heteroatoms. The molecule has 1 N–H and O–H groups in total. The summed E-state index contributed by atoms with van der Waals surface area (Å²) in [6.07, 6.45) is 7.37. The molecule has 2 heterocycles. The van der Waals surface area contributed by atoms with Gasteiger partial charge in [0.25, 0.3) is 5.91 Å². The quantitative estimate of drug-likeness (QED) is 0.526. The molecule has 0 aromatic carbocycles. The standard InChI is InChI=1S/C25H37N5O3/c1-18-14-21(20(3)30(18)19(2)17-33-4)15-22(16-26)24(31)28-10-12-29(13-11-28)25(32)27-23-8-6-5-7-9-23/h14-15,19,23H,5-13,17H2,1-4H3,(H,27,32)/b22-15-. The van der Waals surface area contributed by atoms with E-state index in [2.05, 4.69) is 22.9 Å². The van der Waals surface area contributed by atoms with Crippen molar-refractivity contribution in [3.63, 3.8) is 0 Å². The highest BCUT2D eigenvalue weighted by molar-refractivity contribution is 6.02. The maximum Gasteiger partial charge on any atom is 0.317 e. The van der Waals surface area contributed by atoms with Crippen molar-refractivity contribution >= 4 is 18.0 Å². The molecule has 8 nitrogen and oxygen atoms in total. The van der Waals surface area contributed by atoms with E-state index >= 15 is 0 Å².